The molecule has 7 nitrogen and oxygen atoms in total. The highest BCUT2D eigenvalue weighted by atomic mass is 32.2. The average molecular weight is 335 g/mol. The van der Waals surface area contributed by atoms with Crippen LogP contribution in [-0.2, 0) is 24.1 Å². The predicted molar refractivity (Wildman–Crippen MR) is 86.3 cm³/mol. The van der Waals surface area contributed by atoms with Crippen LogP contribution in [0.15, 0.2) is 44.9 Å². The number of fused-ring (bicyclic) bond motifs is 1. The zero-order valence-electron chi connectivity index (χ0n) is 13.1. The van der Waals surface area contributed by atoms with E-state index in [2.05, 4.69) is 0 Å². The molecule has 0 aliphatic carbocycles. The molecule has 8 heteroatoms. The van der Waals surface area contributed by atoms with Crippen LogP contribution >= 0.6 is 0 Å². The van der Waals surface area contributed by atoms with E-state index in [1.807, 2.05) is 19.1 Å². The number of aromatic nitrogens is 2. The quantitative estimate of drug-likeness (QED) is 0.795. The van der Waals surface area contributed by atoms with Gasteiger partial charge >= 0.3 is 5.69 Å². The van der Waals surface area contributed by atoms with Crippen molar-refractivity contribution in [1.82, 2.24) is 9.13 Å². The molecule has 0 amide bonds. The van der Waals surface area contributed by atoms with Crippen molar-refractivity contribution in [2.45, 2.75) is 17.7 Å². The van der Waals surface area contributed by atoms with Crippen molar-refractivity contribution in [2.24, 2.45) is 14.1 Å². The van der Waals surface area contributed by atoms with Crippen LogP contribution in [0.3, 0.4) is 0 Å². The molecule has 1 aromatic heterocycles. The maximum Gasteiger partial charge on any atom is 0.330 e. The Morgan fingerprint density at radius 2 is 1.78 bits per heavy atom. The molecule has 122 valence electrons. The van der Waals surface area contributed by atoms with E-state index < -0.39 is 26.2 Å². The summed E-state index contributed by atoms with van der Waals surface area (Å²) in [4.78, 5) is 23.6. The van der Waals surface area contributed by atoms with E-state index in [1.54, 1.807) is 12.1 Å². The van der Waals surface area contributed by atoms with Gasteiger partial charge < -0.3 is 4.57 Å². The molecule has 2 heterocycles. The predicted octanol–water partition coefficient (Wildman–Crippen LogP) is 0.396. The third-order valence-corrected chi connectivity index (χ3v) is 5.92. The molecular weight excluding hydrogens is 318 g/mol. The van der Waals surface area contributed by atoms with Gasteiger partial charge in [-0.2, -0.15) is 0 Å². The topological polar surface area (TPSA) is 81.4 Å². The summed E-state index contributed by atoms with van der Waals surface area (Å²) in [5.41, 5.74) is 0.128. The van der Waals surface area contributed by atoms with Crippen molar-refractivity contribution in [3.05, 3.63) is 56.9 Å². The lowest BCUT2D eigenvalue weighted by atomic mass is 10.0. The van der Waals surface area contributed by atoms with Gasteiger partial charge in [-0.25, -0.2) is 13.2 Å². The second-order valence-corrected chi connectivity index (χ2v) is 7.58. The maximum atomic E-state index is 13.0. The van der Waals surface area contributed by atoms with Crippen LogP contribution in [0.2, 0.25) is 0 Å². The molecule has 0 fully saturated rings. The standard InChI is InChI=1S/C15H17N3O4S/c1-10-8-18(12-7-5-4-6-11(10)12)23(21,22)13-9-16(2)15(20)17(3)14(13)19/h4-7,9-10H,8H2,1-3H3. The maximum absolute atomic E-state index is 13.0. The number of sulfonamides is 1. The molecule has 0 bridgehead atoms. The fraction of sp³-hybridized carbons (Fsp3) is 0.333. The van der Waals surface area contributed by atoms with Crippen molar-refractivity contribution in [2.75, 3.05) is 10.8 Å². The van der Waals surface area contributed by atoms with Crippen LogP contribution in [0, 0.1) is 0 Å². The van der Waals surface area contributed by atoms with Gasteiger partial charge in [0.2, 0.25) is 0 Å². The molecule has 0 N–H and O–H groups in total. The van der Waals surface area contributed by atoms with E-state index in [4.69, 9.17) is 0 Å². The van der Waals surface area contributed by atoms with E-state index in [0.717, 1.165) is 20.9 Å². The molecular formula is C15H17N3O4S. The highest BCUT2D eigenvalue weighted by Crippen LogP contribution is 2.38. The van der Waals surface area contributed by atoms with Gasteiger partial charge in [0.25, 0.3) is 15.6 Å². The van der Waals surface area contributed by atoms with Crippen LogP contribution in [0.4, 0.5) is 5.69 Å². The first-order valence-corrected chi connectivity index (χ1v) is 8.57. The minimum atomic E-state index is -4.04. The minimum absolute atomic E-state index is 0.0392. The Bertz CT molecular complexity index is 1000. The van der Waals surface area contributed by atoms with Crippen LogP contribution < -0.4 is 15.6 Å². The lowest BCUT2D eigenvalue weighted by Crippen LogP contribution is -2.42. The number of rotatable bonds is 2. The van der Waals surface area contributed by atoms with Crippen LogP contribution in [0.5, 0.6) is 0 Å². The summed E-state index contributed by atoms with van der Waals surface area (Å²) in [6.45, 7) is 2.21. The molecule has 0 saturated carbocycles. The lowest BCUT2D eigenvalue weighted by molar-refractivity contribution is 0.579. The van der Waals surface area contributed by atoms with Crippen molar-refractivity contribution < 1.29 is 8.42 Å². The molecule has 1 aliphatic rings. The molecule has 23 heavy (non-hydrogen) atoms. The second-order valence-electron chi connectivity index (χ2n) is 5.75. The van der Waals surface area contributed by atoms with Crippen molar-refractivity contribution >= 4 is 15.7 Å². The molecule has 0 spiro atoms. The number of anilines is 1. The summed E-state index contributed by atoms with van der Waals surface area (Å²) < 4.78 is 29.1. The van der Waals surface area contributed by atoms with Gasteiger partial charge in [0.1, 0.15) is 0 Å². The number of aryl methyl sites for hydroxylation is 1. The first-order chi connectivity index (χ1) is 10.7. The molecule has 1 aliphatic heterocycles. The molecule has 1 unspecified atom stereocenters. The smallest absolute Gasteiger partial charge is 0.302 e. The Morgan fingerprint density at radius 3 is 2.48 bits per heavy atom. The third kappa shape index (κ3) is 2.21. The van der Waals surface area contributed by atoms with Gasteiger partial charge in [-0.1, -0.05) is 25.1 Å². The van der Waals surface area contributed by atoms with Gasteiger partial charge in [0.15, 0.2) is 4.90 Å². The molecule has 1 aromatic carbocycles. The zero-order chi connectivity index (χ0) is 16.9. The molecule has 0 radical (unpaired) electrons. The van der Waals surface area contributed by atoms with Gasteiger partial charge in [-0.3, -0.25) is 13.7 Å². The van der Waals surface area contributed by atoms with Gasteiger partial charge in [-0.15, -0.1) is 0 Å². The van der Waals surface area contributed by atoms with E-state index in [1.165, 1.54) is 18.4 Å². The summed E-state index contributed by atoms with van der Waals surface area (Å²) in [6.07, 6.45) is 1.09. The number of para-hydroxylation sites is 1. The molecule has 2 aromatic rings. The van der Waals surface area contributed by atoms with Crippen LogP contribution in [0.25, 0.3) is 0 Å². The largest absolute Gasteiger partial charge is 0.330 e. The summed E-state index contributed by atoms with van der Waals surface area (Å²) in [5.74, 6) is 0.0392. The fourth-order valence-electron chi connectivity index (χ4n) is 2.88. The monoisotopic (exact) mass is 335 g/mol. The summed E-state index contributed by atoms with van der Waals surface area (Å²) in [5, 5.41) is 0. The fourth-order valence-corrected chi connectivity index (χ4v) is 4.61. The second kappa shape index (κ2) is 5.09. The number of nitrogens with zero attached hydrogens (tertiary/aromatic N) is 3. The Labute approximate surface area is 133 Å². The summed E-state index contributed by atoms with van der Waals surface area (Å²) in [6, 6.07) is 7.23. The Balaban J connectivity index is 2.23. The summed E-state index contributed by atoms with van der Waals surface area (Å²) in [7, 11) is -1.35. The Kier molecular flexibility index (Phi) is 3.44. The number of hydrogen-bond acceptors (Lipinski definition) is 4. The lowest BCUT2D eigenvalue weighted by Gasteiger charge is -2.20. The number of benzene rings is 1. The van der Waals surface area contributed by atoms with E-state index >= 15 is 0 Å². The van der Waals surface area contributed by atoms with Gasteiger partial charge in [-0.05, 0) is 11.6 Å². The van der Waals surface area contributed by atoms with E-state index in [-0.39, 0.29) is 12.5 Å². The first kappa shape index (κ1) is 15.5. The minimum Gasteiger partial charge on any atom is -0.302 e. The first-order valence-electron chi connectivity index (χ1n) is 7.13. The molecule has 0 saturated heterocycles. The highest BCUT2D eigenvalue weighted by Gasteiger charge is 2.36. The Morgan fingerprint density at radius 1 is 1.13 bits per heavy atom. The van der Waals surface area contributed by atoms with Crippen LogP contribution in [-0.4, -0.2) is 24.1 Å². The molecule has 3 rings (SSSR count). The summed E-state index contributed by atoms with van der Waals surface area (Å²) >= 11 is 0. The zero-order valence-corrected chi connectivity index (χ0v) is 13.9. The SMILES string of the molecule is CC1CN(S(=O)(=O)c2cn(C)c(=O)n(C)c2=O)c2ccccc21. The van der Waals surface area contributed by atoms with E-state index in [0.29, 0.717) is 5.69 Å². The average Bonchev–Trinajstić information content (AvgIpc) is 2.87. The van der Waals surface area contributed by atoms with Crippen LogP contribution in [0.1, 0.15) is 18.4 Å². The van der Waals surface area contributed by atoms with E-state index in [9.17, 15) is 18.0 Å². The number of hydrogen-bond donors (Lipinski definition) is 0. The molecule has 1 atom stereocenters. The third-order valence-electron chi connectivity index (χ3n) is 4.16. The van der Waals surface area contributed by atoms with Crippen molar-refractivity contribution in [1.29, 1.82) is 0 Å². The van der Waals surface area contributed by atoms with Crippen molar-refractivity contribution in [3.63, 3.8) is 0 Å². The normalized spacial score (nSPS) is 17.3. The Hall–Kier alpha value is -2.35. The van der Waals surface area contributed by atoms with Gasteiger partial charge in [0.05, 0.1) is 5.69 Å². The van der Waals surface area contributed by atoms with Crippen molar-refractivity contribution in [3.8, 4) is 0 Å². The van der Waals surface area contributed by atoms with Gasteiger partial charge in [0, 0.05) is 32.8 Å². The highest BCUT2D eigenvalue weighted by molar-refractivity contribution is 7.92.